The van der Waals surface area contributed by atoms with Gasteiger partial charge in [0.15, 0.2) is 6.61 Å². The number of likely N-dealkylation sites (tertiary alicyclic amines) is 1. The number of para-hydroxylation sites is 1. The summed E-state index contributed by atoms with van der Waals surface area (Å²) in [6.45, 7) is 2.78. The Bertz CT molecular complexity index is 521. The van der Waals surface area contributed by atoms with Crippen LogP contribution in [0.1, 0.15) is 19.8 Å². The average Bonchev–Trinajstić information content (AvgIpc) is 2.45. The molecule has 0 spiro atoms. The monoisotopic (exact) mass is 354 g/mol. The van der Waals surface area contributed by atoms with Gasteiger partial charge in [0.2, 0.25) is 5.91 Å². The zero-order valence-corrected chi connectivity index (χ0v) is 13.6. The quantitative estimate of drug-likeness (QED) is 0.898. The first-order valence-electron chi connectivity index (χ1n) is 6.98. The number of halogens is 1. The van der Waals surface area contributed by atoms with Crippen LogP contribution in [0, 0.1) is 0 Å². The molecule has 1 aromatic rings. The van der Waals surface area contributed by atoms with Crippen LogP contribution in [0.3, 0.4) is 0 Å². The highest BCUT2D eigenvalue weighted by molar-refractivity contribution is 9.10. The average molecular weight is 355 g/mol. The number of hydrogen-bond acceptors (Lipinski definition) is 3. The van der Waals surface area contributed by atoms with E-state index in [9.17, 15) is 9.59 Å². The molecule has 1 aliphatic heterocycles. The van der Waals surface area contributed by atoms with E-state index in [1.165, 1.54) is 6.92 Å². The lowest BCUT2D eigenvalue weighted by molar-refractivity contribution is -0.135. The van der Waals surface area contributed by atoms with Gasteiger partial charge in [0, 0.05) is 26.1 Å². The van der Waals surface area contributed by atoms with E-state index < -0.39 is 0 Å². The third-order valence-electron chi connectivity index (χ3n) is 3.37. The maximum atomic E-state index is 12.2. The summed E-state index contributed by atoms with van der Waals surface area (Å²) < 4.78 is 6.37. The molecule has 5 nitrogen and oxygen atoms in total. The first kappa shape index (κ1) is 15.8. The van der Waals surface area contributed by atoms with Gasteiger partial charge in [0.05, 0.1) is 4.47 Å². The lowest BCUT2D eigenvalue weighted by Gasteiger charge is -2.33. The van der Waals surface area contributed by atoms with Crippen molar-refractivity contribution in [1.82, 2.24) is 10.2 Å². The summed E-state index contributed by atoms with van der Waals surface area (Å²) in [5, 5.41) is 2.87. The van der Waals surface area contributed by atoms with E-state index in [0.29, 0.717) is 18.8 Å². The molecule has 114 valence electrons. The third kappa shape index (κ3) is 4.74. The second-order valence-electron chi connectivity index (χ2n) is 5.10. The second-order valence-corrected chi connectivity index (χ2v) is 5.95. The first-order chi connectivity index (χ1) is 10.1. The molecule has 1 unspecified atom stereocenters. The Kier molecular flexibility index (Phi) is 5.61. The number of carbonyl (C=O) groups is 2. The zero-order valence-electron chi connectivity index (χ0n) is 12.0. The van der Waals surface area contributed by atoms with E-state index in [1.54, 1.807) is 4.90 Å². The zero-order chi connectivity index (χ0) is 15.2. The molecule has 1 atom stereocenters. The molecule has 1 aromatic carbocycles. The second kappa shape index (κ2) is 7.45. The van der Waals surface area contributed by atoms with Gasteiger partial charge >= 0.3 is 0 Å². The van der Waals surface area contributed by atoms with Gasteiger partial charge in [-0.2, -0.15) is 0 Å². The highest BCUT2D eigenvalue weighted by Gasteiger charge is 2.24. The van der Waals surface area contributed by atoms with Crippen molar-refractivity contribution in [1.29, 1.82) is 0 Å². The summed E-state index contributed by atoms with van der Waals surface area (Å²) in [7, 11) is 0. The van der Waals surface area contributed by atoms with Crippen LogP contribution in [-0.2, 0) is 9.59 Å². The summed E-state index contributed by atoms with van der Waals surface area (Å²) in [4.78, 5) is 25.0. The van der Waals surface area contributed by atoms with E-state index in [2.05, 4.69) is 21.2 Å². The summed E-state index contributed by atoms with van der Waals surface area (Å²) in [5.74, 6) is 0.542. The highest BCUT2D eigenvalue weighted by atomic mass is 79.9. The van der Waals surface area contributed by atoms with Crippen molar-refractivity contribution < 1.29 is 14.3 Å². The molecule has 0 aromatic heterocycles. The number of rotatable bonds is 4. The molecule has 0 radical (unpaired) electrons. The van der Waals surface area contributed by atoms with Gasteiger partial charge in [-0.05, 0) is 40.9 Å². The van der Waals surface area contributed by atoms with Crippen LogP contribution in [0.4, 0.5) is 0 Å². The molecular formula is C15H19BrN2O3. The van der Waals surface area contributed by atoms with Crippen molar-refractivity contribution in [3.8, 4) is 5.75 Å². The molecule has 1 saturated heterocycles. The summed E-state index contributed by atoms with van der Waals surface area (Å²) in [5.41, 5.74) is 0. The number of carbonyl (C=O) groups excluding carboxylic acids is 2. The number of amides is 2. The molecule has 0 bridgehead atoms. The Balaban J connectivity index is 1.85. The van der Waals surface area contributed by atoms with Crippen molar-refractivity contribution in [3.05, 3.63) is 28.7 Å². The van der Waals surface area contributed by atoms with Crippen LogP contribution < -0.4 is 10.1 Å². The summed E-state index contributed by atoms with van der Waals surface area (Å²) in [6, 6.07) is 7.48. The SMILES string of the molecule is CC(=O)NC1CCCN(C(=O)COc2ccccc2Br)C1. The Morgan fingerprint density at radius 1 is 1.43 bits per heavy atom. The van der Waals surface area contributed by atoms with Crippen molar-refractivity contribution in [2.75, 3.05) is 19.7 Å². The molecule has 1 N–H and O–H groups in total. The maximum Gasteiger partial charge on any atom is 0.260 e. The minimum Gasteiger partial charge on any atom is -0.483 e. The number of nitrogens with zero attached hydrogens (tertiary/aromatic N) is 1. The van der Waals surface area contributed by atoms with Gasteiger partial charge in [-0.25, -0.2) is 0 Å². The predicted molar refractivity (Wildman–Crippen MR) is 83.1 cm³/mol. The predicted octanol–water partition coefficient (Wildman–Crippen LogP) is 1.95. The Hall–Kier alpha value is -1.56. The van der Waals surface area contributed by atoms with E-state index in [-0.39, 0.29) is 24.5 Å². The van der Waals surface area contributed by atoms with Crippen molar-refractivity contribution in [3.63, 3.8) is 0 Å². The van der Waals surface area contributed by atoms with Crippen molar-refractivity contribution >= 4 is 27.7 Å². The maximum absolute atomic E-state index is 12.2. The van der Waals surface area contributed by atoms with E-state index >= 15 is 0 Å². The number of nitrogens with one attached hydrogen (secondary N) is 1. The molecule has 1 fully saturated rings. The fraction of sp³-hybridized carbons (Fsp3) is 0.467. The lowest BCUT2D eigenvalue weighted by Crippen LogP contribution is -2.50. The summed E-state index contributed by atoms with van der Waals surface area (Å²) in [6.07, 6.45) is 1.81. The first-order valence-corrected chi connectivity index (χ1v) is 7.78. The number of benzene rings is 1. The van der Waals surface area contributed by atoms with Crippen molar-refractivity contribution in [2.24, 2.45) is 0 Å². The molecule has 2 amide bonds. The molecular weight excluding hydrogens is 336 g/mol. The smallest absolute Gasteiger partial charge is 0.260 e. The lowest BCUT2D eigenvalue weighted by atomic mass is 10.1. The third-order valence-corrected chi connectivity index (χ3v) is 4.02. The number of ether oxygens (including phenoxy) is 1. The van der Waals surface area contributed by atoms with Crippen LogP contribution in [-0.4, -0.2) is 42.5 Å². The fourth-order valence-corrected chi connectivity index (χ4v) is 2.80. The van der Waals surface area contributed by atoms with Crippen LogP contribution in [0.5, 0.6) is 5.75 Å². The Morgan fingerprint density at radius 2 is 2.19 bits per heavy atom. The normalized spacial score (nSPS) is 18.2. The molecule has 21 heavy (non-hydrogen) atoms. The standard InChI is InChI=1S/C15H19BrN2O3/c1-11(19)17-12-5-4-8-18(9-12)15(20)10-21-14-7-3-2-6-13(14)16/h2-3,6-7,12H,4-5,8-10H2,1H3,(H,17,19). The molecule has 6 heteroatoms. The topological polar surface area (TPSA) is 58.6 Å². The molecule has 1 heterocycles. The Labute approximate surface area is 132 Å². The van der Waals surface area contributed by atoms with Gasteiger partial charge in [-0.3, -0.25) is 9.59 Å². The van der Waals surface area contributed by atoms with Crippen molar-refractivity contribution in [2.45, 2.75) is 25.8 Å². The highest BCUT2D eigenvalue weighted by Crippen LogP contribution is 2.23. The fourth-order valence-electron chi connectivity index (χ4n) is 2.40. The van der Waals surface area contributed by atoms with E-state index in [4.69, 9.17) is 4.74 Å². The number of hydrogen-bond donors (Lipinski definition) is 1. The minimum absolute atomic E-state index is 0.00933. The van der Waals surface area contributed by atoms with Gasteiger partial charge in [0.25, 0.3) is 5.91 Å². The van der Waals surface area contributed by atoms with Crippen LogP contribution in [0.15, 0.2) is 28.7 Å². The largest absolute Gasteiger partial charge is 0.483 e. The van der Waals surface area contributed by atoms with E-state index in [0.717, 1.165) is 17.3 Å². The Morgan fingerprint density at radius 3 is 2.90 bits per heavy atom. The van der Waals surface area contributed by atoms with Gasteiger partial charge < -0.3 is 15.0 Å². The number of piperidine rings is 1. The van der Waals surface area contributed by atoms with Crippen LogP contribution in [0.25, 0.3) is 0 Å². The molecule has 2 rings (SSSR count). The van der Waals surface area contributed by atoms with Gasteiger partial charge in [-0.15, -0.1) is 0 Å². The van der Waals surface area contributed by atoms with Crippen LogP contribution >= 0.6 is 15.9 Å². The van der Waals surface area contributed by atoms with E-state index in [1.807, 2.05) is 24.3 Å². The van der Waals surface area contributed by atoms with Gasteiger partial charge in [0.1, 0.15) is 5.75 Å². The van der Waals surface area contributed by atoms with Crippen LogP contribution in [0.2, 0.25) is 0 Å². The minimum atomic E-state index is -0.0567. The van der Waals surface area contributed by atoms with Gasteiger partial charge in [-0.1, -0.05) is 12.1 Å². The molecule has 0 aliphatic carbocycles. The summed E-state index contributed by atoms with van der Waals surface area (Å²) >= 11 is 3.38. The molecule has 0 saturated carbocycles. The molecule has 1 aliphatic rings.